The maximum atomic E-state index is 13.4. The van der Waals surface area contributed by atoms with Crippen LogP contribution in [0.2, 0.25) is 0 Å². The van der Waals surface area contributed by atoms with Crippen molar-refractivity contribution in [2.24, 2.45) is 0 Å². The number of hydrogen-bond acceptors (Lipinski definition) is 6. The Kier molecular flexibility index (Phi) is 7.78. The van der Waals surface area contributed by atoms with E-state index in [1.54, 1.807) is 48.7 Å². The maximum absolute atomic E-state index is 13.4. The van der Waals surface area contributed by atoms with Crippen molar-refractivity contribution in [3.05, 3.63) is 107 Å². The molecule has 1 aromatic heterocycles. The number of aromatic carboxylic acids is 1. The number of anilines is 2. The molecular weight excluding hydrogens is 516 g/mol. The van der Waals surface area contributed by atoms with Crippen molar-refractivity contribution in [2.45, 2.75) is 21.3 Å². The summed E-state index contributed by atoms with van der Waals surface area (Å²) in [4.78, 5) is 25.5. The monoisotopic (exact) mass is 538 g/mol. The minimum absolute atomic E-state index is 0.0837. The Labute approximate surface area is 217 Å². The van der Waals surface area contributed by atoms with E-state index in [0.717, 1.165) is 27.4 Å². The summed E-state index contributed by atoms with van der Waals surface area (Å²) in [6.45, 7) is 1.79. The van der Waals surface area contributed by atoms with Crippen LogP contribution in [0.5, 0.6) is 0 Å². The lowest BCUT2D eigenvalue weighted by molar-refractivity contribution is -0.115. The number of thiophene rings is 1. The fraction of sp³-hybridized carbons (Fsp3) is 0.0769. The van der Waals surface area contributed by atoms with E-state index in [9.17, 15) is 23.1 Å². The van der Waals surface area contributed by atoms with Gasteiger partial charge in [-0.1, -0.05) is 42.5 Å². The van der Waals surface area contributed by atoms with Crippen LogP contribution in [0.25, 0.3) is 0 Å². The molecule has 1 amide bonds. The van der Waals surface area contributed by atoms with Gasteiger partial charge in [-0.2, -0.15) is 0 Å². The quantitative estimate of drug-likeness (QED) is 0.224. The van der Waals surface area contributed by atoms with E-state index in [1.807, 2.05) is 30.3 Å². The van der Waals surface area contributed by atoms with Crippen LogP contribution >= 0.6 is 23.1 Å². The normalized spacial score (nSPS) is 12.0. The van der Waals surface area contributed by atoms with Crippen LogP contribution in [-0.2, 0) is 14.8 Å². The molecule has 0 spiro atoms. The summed E-state index contributed by atoms with van der Waals surface area (Å²) < 4.78 is 27.7. The third-order valence-corrected chi connectivity index (χ3v) is 9.25. The standard InChI is InChI=1S/C26H22N2O5S3/c1-17-9-10-19(26(30)31)16-22(17)27-25(29)24(18-6-3-2-4-7-18)35-21-13-11-20(12-14-21)28-36(32,33)23-8-5-15-34-23/h2-16,24,28H,1H3,(H,27,29)(H,30,31). The summed E-state index contributed by atoms with van der Waals surface area (Å²) in [6.07, 6.45) is 0. The van der Waals surface area contributed by atoms with Crippen LogP contribution in [0.1, 0.15) is 26.7 Å². The van der Waals surface area contributed by atoms with E-state index >= 15 is 0 Å². The molecule has 3 aromatic carbocycles. The van der Waals surface area contributed by atoms with Gasteiger partial charge in [0.25, 0.3) is 10.0 Å². The van der Waals surface area contributed by atoms with E-state index < -0.39 is 21.2 Å². The number of nitrogens with one attached hydrogen (secondary N) is 2. The highest BCUT2D eigenvalue weighted by Gasteiger charge is 2.23. The average molecular weight is 539 g/mol. The highest BCUT2D eigenvalue weighted by Crippen LogP contribution is 2.37. The molecule has 0 aliphatic carbocycles. The fourth-order valence-corrected chi connectivity index (χ4v) is 6.42. The molecule has 1 atom stereocenters. The van der Waals surface area contributed by atoms with Gasteiger partial charge in [0.15, 0.2) is 0 Å². The van der Waals surface area contributed by atoms with Crippen molar-refractivity contribution in [3.63, 3.8) is 0 Å². The minimum atomic E-state index is -3.65. The SMILES string of the molecule is Cc1ccc(C(=O)O)cc1NC(=O)C(Sc1ccc(NS(=O)(=O)c2cccs2)cc1)c1ccccc1. The summed E-state index contributed by atoms with van der Waals surface area (Å²) >= 11 is 2.44. The summed E-state index contributed by atoms with van der Waals surface area (Å²) in [6, 6.07) is 23.8. The van der Waals surface area contributed by atoms with E-state index in [1.165, 1.54) is 30.0 Å². The molecule has 0 saturated heterocycles. The topological polar surface area (TPSA) is 113 Å². The molecule has 4 rings (SSSR count). The Morgan fingerprint density at radius 2 is 1.67 bits per heavy atom. The number of aryl methyl sites for hydroxylation is 1. The van der Waals surface area contributed by atoms with E-state index in [2.05, 4.69) is 10.0 Å². The van der Waals surface area contributed by atoms with Gasteiger partial charge >= 0.3 is 5.97 Å². The Morgan fingerprint density at radius 1 is 0.944 bits per heavy atom. The summed E-state index contributed by atoms with van der Waals surface area (Å²) in [7, 11) is -3.65. The number of sulfonamides is 1. The molecule has 0 aliphatic heterocycles. The molecule has 0 radical (unpaired) electrons. The molecule has 0 saturated carbocycles. The lowest BCUT2D eigenvalue weighted by atomic mass is 10.1. The number of carbonyl (C=O) groups excluding carboxylic acids is 1. The molecule has 1 unspecified atom stereocenters. The number of amides is 1. The first-order valence-corrected chi connectivity index (χ1v) is 14.0. The number of benzene rings is 3. The minimum Gasteiger partial charge on any atom is -0.478 e. The first-order chi connectivity index (χ1) is 17.2. The van der Waals surface area contributed by atoms with Crippen molar-refractivity contribution >= 4 is 56.4 Å². The second-order valence-electron chi connectivity index (χ2n) is 7.79. The van der Waals surface area contributed by atoms with E-state index in [4.69, 9.17) is 0 Å². The third-order valence-electron chi connectivity index (χ3n) is 5.20. The zero-order chi connectivity index (χ0) is 25.7. The zero-order valence-corrected chi connectivity index (χ0v) is 21.5. The lowest BCUT2D eigenvalue weighted by Gasteiger charge is -2.18. The smallest absolute Gasteiger partial charge is 0.335 e. The number of carboxylic acid groups (broad SMARTS) is 1. The van der Waals surface area contributed by atoms with Crippen LogP contribution in [0.4, 0.5) is 11.4 Å². The van der Waals surface area contributed by atoms with Crippen molar-refractivity contribution in [1.29, 1.82) is 0 Å². The molecule has 0 aliphatic rings. The molecule has 1 heterocycles. The number of carboxylic acids is 1. The van der Waals surface area contributed by atoms with Crippen molar-refractivity contribution in [2.75, 3.05) is 10.0 Å². The number of rotatable bonds is 9. The molecule has 184 valence electrons. The maximum Gasteiger partial charge on any atom is 0.335 e. The Hall–Kier alpha value is -3.60. The average Bonchev–Trinajstić information content (AvgIpc) is 3.41. The Morgan fingerprint density at radius 3 is 2.31 bits per heavy atom. The molecule has 0 fully saturated rings. The second-order valence-corrected chi connectivity index (χ2v) is 11.8. The van der Waals surface area contributed by atoms with Crippen molar-refractivity contribution < 1.29 is 23.1 Å². The van der Waals surface area contributed by atoms with Gasteiger partial charge in [-0.3, -0.25) is 9.52 Å². The van der Waals surface area contributed by atoms with Crippen LogP contribution < -0.4 is 10.0 Å². The second kappa shape index (κ2) is 11.0. The molecule has 0 bridgehead atoms. The third kappa shape index (κ3) is 6.14. The molecule has 10 heteroatoms. The fourth-order valence-electron chi connectivity index (χ4n) is 3.35. The summed E-state index contributed by atoms with van der Waals surface area (Å²) in [5.74, 6) is -1.38. The molecule has 3 N–H and O–H groups in total. The van der Waals surface area contributed by atoms with E-state index in [-0.39, 0.29) is 15.7 Å². The van der Waals surface area contributed by atoms with Gasteiger partial charge in [-0.25, -0.2) is 13.2 Å². The van der Waals surface area contributed by atoms with E-state index in [0.29, 0.717) is 11.4 Å². The van der Waals surface area contributed by atoms with Gasteiger partial charge in [0.1, 0.15) is 9.46 Å². The van der Waals surface area contributed by atoms with Crippen LogP contribution in [0, 0.1) is 6.92 Å². The summed E-state index contributed by atoms with van der Waals surface area (Å²) in [5.41, 5.74) is 2.44. The Balaban J connectivity index is 1.55. The van der Waals surface area contributed by atoms with Gasteiger partial charge in [-0.05, 0) is 65.9 Å². The number of carbonyl (C=O) groups is 2. The first-order valence-electron chi connectivity index (χ1n) is 10.8. The van der Waals surface area contributed by atoms with Crippen LogP contribution in [-0.4, -0.2) is 25.4 Å². The summed E-state index contributed by atoms with van der Waals surface area (Å²) in [5, 5.41) is 13.2. The molecule has 4 aromatic rings. The van der Waals surface area contributed by atoms with Crippen LogP contribution in [0.15, 0.2) is 99.4 Å². The number of thioether (sulfide) groups is 1. The lowest BCUT2D eigenvalue weighted by Crippen LogP contribution is -2.20. The first kappa shape index (κ1) is 25.5. The molecular formula is C26H22N2O5S3. The molecule has 36 heavy (non-hydrogen) atoms. The van der Waals surface area contributed by atoms with Crippen LogP contribution in [0.3, 0.4) is 0 Å². The zero-order valence-electron chi connectivity index (χ0n) is 19.0. The van der Waals surface area contributed by atoms with Gasteiger partial charge in [0.05, 0.1) is 5.56 Å². The highest BCUT2D eigenvalue weighted by atomic mass is 32.2. The Bertz CT molecular complexity index is 1470. The van der Waals surface area contributed by atoms with Gasteiger partial charge in [-0.15, -0.1) is 23.1 Å². The predicted molar refractivity (Wildman–Crippen MR) is 143 cm³/mol. The largest absolute Gasteiger partial charge is 0.478 e. The van der Waals surface area contributed by atoms with Crippen molar-refractivity contribution in [3.8, 4) is 0 Å². The number of hydrogen-bond donors (Lipinski definition) is 3. The van der Waals surface area contributed by atoms with Gasteiger partial charge < -0.3 is 10.4 Å². The van der Waals surface area contributed by atoms with Crippen molar-refractivity contribution in [1.82, 2.24) is 0 Å². The molecule has 7 nitrogen and oxygen atoms in total. The van der Waals surface area contributed by atoms with Gasteiger partial charge in [0.2, 0.25) is 5.91 Å². The van der Waals surface area contributed by atoms with Gasteiger partial charge in [0, 0.05) is 16.3 Å². The predicted octanol–water partition coefficient (Wildman–Crippen LogP) is 6.03. The highest BCUT2D eigenvalue weighted by molar-refractivity contribution is 8.00.